The lowest BCUT2D eigenvalue weighted by molar-refractivity contribution is 0.415. The number of rotatable bonds is 3. The molecular weight excluding hydrogens is 530 g/mol. The molecule has 5 nitrogen and oxygen atoms in total. The molecule has 2 aromatic heterocycles. The summed E-state index contributed by atoms with van der Waals surface area (Å²) < 4.78 is 9.40. The molecular formula is C22H13Br2N3O2S. The SMILES string of the molecule is COc1ccc2nc(-n3c(-c4ccccc4)nc4c(Br)cc(Br)cc4c3=O)sc2c1. The summed E-state index contributed by atoms with van der Waals surface area (Å²) in [6.45, 7) is 0. The van der Waals surface area contributed by atoms with Gasteiger partial charge in [-0.3, -0.25) is 4.79 Å². The summed E-state index contributed by atoms with van der Waals surface area (Å²) in [4.78, 5) is 23.2. The predicted molar refractivity (Wildman–Crippen MR) is 128 cm³/mol. The number of halogens is 2. The van der Waals surface area contributed by atoms with Crippen molar-refractivity contribution in [1.29, 1.82) is 0 Å². The van der Waals surface area contributed by atoms with Gasteiger partial charge in [-0.05, 0) is 46.3 Å². The van der Waals surface area contributed by atoms with E-state index in [1.54, 1.807) is 17.7 Å². The highest BCUT2D eigenvalue weighted by Crippen LogP contribution is 2.32. The Labute approximate surface area is 192 Å². The van der Waals surface area contributed by atoms with Gasteiger partial charge in [0.2, 0.25) is 0 Å². The summed E-state index contributed by atoms with van der Waals surface area (Å²) in [6, 6.07) is 19.0. The van der Waals surface area contributed by atoms with Gasteiger partial charge in [-0.1, -0.05) is 57.6 Å². The second kappa shape index (κ2) is 7.61. The van der Waals surface area contributed by atoms with Gasteiger partial charge in [-0.25, -0.2) is 14.5 Å². The third kappa shape index (κ3) is 3.25. The Balaban J connectivity index is 1.88. The molecule has 3 aromatic carbocycles. The molecule has 5 aromatic rings. The minimum absolute atomic E-state index is 0.174. The van der Waals surface area contributed by atoms with Gasteiger partial charge in [-0.2, -0.15) is 0 Å². The second-order valence-electron chi connectivity index (χ2n) is 6.56. The van der Waals surface area contributed by atoms with E-state index in [0.717, 1.165) is 30.5 Å². The number of ether oxygens (including phenoxy) is 1. The van der Waals surface area contributed by atoms with E-state index in [-0.39, 0.29) is 5.56 Å². The smallest absolute Gasteiger partial charge is 0.268 e. The van der Waals surface area contributed by atoms with Crippen LogP contribution in [0.5, 0.6) is 5.75 Å². The molecule has 0 aliphatic carbocycles. The molecule has 0 spiro atoms. The van der Waals surface area contributed by atoms with Crippen LogP contribution in [-0.4, -0.2) is 21.6 Å². The lowest BCUT2D eigenvalue weighted by atomic mass is 10.2. The van der Waals surface area contributed by atoms with Crippen LogP contribution in [0.4, 0.5) is 0 Å². The standard InChI is InChI=1S/C22H13Br2N3O2S/c1-29-14-7-8-17-18(11-14)30-22(25-17)27-20(12-5-3-2-4-6-12)26-19-15(21(27)28)9-13(23)10-16(19)24/h2-11H,1H3. The summed E-state index contributed by atoms with van der Waals surface area (Å²) >= 11 is 8.45. The van der Waals surface area contributed by atoms with Gasteiger partial charge in [0.15, 0.2) is 5.13 Å². The van der Waals surface area contributed by atoms with E-state index in [9.17, 15) is 4.79 Å². The minimum atomic E-state index is -0.174. The maximum Gasteiger partial charge on any atom is 0.268 e. The van der Waals surface area contributed by atoms with Crippen molar-refractivity contribution in [1.82, 2.24) is 14.5 Å². The van der Waals surface area contributed by atoms with Crippen LogP contribution in [0.1, 0.15) is 0 Å². The normalized spacial score (nSPS) is 11.3. The average Bonchev–Trinajstić information content (AvgIpc) is 3.17. The van der Waals surface area contributed by atoms with Crippen LogP contribution in [0.3, 0.4) is 0 Å². The summed E-state index contributed by atoms with van der Waals surface area (Å²) in [7, 11) is 1.63. The van der Waals surface area contributed by atoms with Gasteiger partial charge in [0.05, 0.1) is 28.2 Å². The Bertz CT molecular complexity index is 1480. The number of benzene rings is 3. The molecule has 5 rings (SSSR count). The van der Waals surface area contributed by atoms with Crippen LogP contribution < -0.4 is 10.3 Å². The van der Waals surface area contributed by atoms with E-state index < -0.39 is 0 Å². The van der Waals surface area contributed by atoms with E-state index in [0.29, 0.717) is 21.9 Å². The highest BCUT2D eigenvalue weighted by atomic mass is 79.9. The van der Waals surface area contributed by atoms with Crippen LogP contribution >= 0.6 is 43.2 Å². The van der Waals surface area contributed by atoms with Crippen molar-refractivity contribution in [3.05, 3.63) is 80.0 Å². The first-order valence-corrected chi connectivity index (χ1v) is 11.4. The third-order valence-corrected chi connectivity index (χ3v) is 6.76. The number of fused-ring (bicyclic) bond motifs is 2. The highest BCUT2D eigenvalue weighted by molar-refractivity contribution is 9.11. The molecule has 0 aliphatic heterocycles. The van der Waals surface area contributed by atoms with E-state index in [1.165, 1.54) is 11.3 Å². The molecule has 0 saturated carbocycles. The van der Waals surface area contributed by atoms with Crippen LogP contribution in [0.15, 0.2) is 74.4 Å². The fraction of sp³-hybridized carbons (Fsp3) is 0.0455. The van der Waals surface area contributed by atoms with E-state index in [4.69, 9.17) is 14.7 Å². The number of hydrogen-bond donors (Lipinski definition) is 0. The fourth-order valence-electron chi connectivity index (χ4n) is 3.29. The summed E-state index contributed by atoms with van der Waals surface area (Å²) in [5.41, 5.74) is 2.08. The number of methoxy groups -OCH3 is 1. The quantitative estimate of drug-likeness (QED) is 0.272. The molecule has 0 amide bonds. The molecule has 148 valence electrons. The monoisotopic (exact) mass is 541 g/mol. The average molecular weight is 543 g/mol. The Hall–Kier alpha value is -2.55. The largest absolute Gasteiger partial charge is 0.497 e. The second-order valence-corrected chi connectivity index (χ2v) is 9.33. The molecule has 0 fully saturated rings. The number of thiazole rings is 1. The number of nitrogens with zero attached hydrogens (tertiary/aromatic N) is 3. The van der Waals surface area contributed by atoms with Crippen molar-refractivity contribution >= 4 is 64.3 Å². The van der Waals surface area contributed by atoms with Crippen LogP contribution in [0.2, 0.25) is 0 Å². The van der Waals surface area contributed by atoms with Crippen molar-refractivity contribution in [2.24, 2.45) is 0 Å². The number of aromatic nitrogens is 3. The van der Waals surface area contributed by atoms with Gasteiger partial charge in [0, 0.05) is 14.5 Å². The molecule has 0 atom stereocenters. The lowest BCUT2D eigenvalue weighted by Gasteiger charge is -2.12. The van der Waals surface area contributed by atoms with Gasteiger partial charge in [0.1, 0.15) is 11.6 Å². The molecule has 0 radical (unpaired) electrons. The van der Waals surface area contributed by atoms with Crippen molar-refractivity contribution in [3.8, 4) is 22.3 Å². The molecule has 2 heterocycles. The van der Waals surface area contributed by atoms with Gasteiger partial charge >= 0.3 is 0 Å². The minimum Gasteiger partial charge on any atom is -0.497 e. The first-order chi connectivity index (χ1) is 14.5. The molecule has 8 heteroatoms. The highest BCUT2D eigenvalue weighted by Gasteiger charge is 2.19. The molecule has 0 saturated heterocycles. The van der Waals surface area contributed by atoms with E-state index in [2.05, 4.69) is 31.9 Å². The lowest BCUT2D eigenvalue weighted by Crippen LogP contribution is -2.22. The van der Waals surface area contributed by atoms with Crippen LogP contribution in [0.25, 0.3) is 37.6 Å². The van der Waals surface area contributed by atoms with E-state index >= 15 is 0 Å². The Kier molecular flexibility index (Phi) is 4.92. The van der Waals surface area contributed by atoms with Gasteiger partial charge < -0.3 is 4.74 Å². The van der Waals surface area contributed by atoms with Gasteiger partial charge in [0.25, 0.3) is 5.56 Å². The number of hydrogen-bond acceptors (Lipinski definition) is 5. The maximum atomic E-state index is 13.7. The predicted octanol–water partition coefficient (Wildman–Crippen LogP) is 6.20. The zero-order valence-corrected chi connectivity index (χ0v) is 19.6. The summed E-state index contributed by atoms with van der Waals surface area (Å²) in [6.07, 6.45) is 0. The van der Waals surface area contributed by atoms with Crippen LogP contribution in [0, 0.1) is 0 Å². The van der Waals surface area contributed by atoms with Crippen molar-refractivity contribution < 1.29 is 4.74 Å². The topological polar surface area (TPSA) is 57.0 Å². The van der Waals surface area contributed by atoms with Gasteiger partial charge in [-0.15, -0.1) is 0 Å². The molecule has 0 N–H and O–H groups in total. The van der Waals surface area contributed by atoms with Crippen molar-refractivity contribution in [2.75, 3.05) is 7.11 Å². The van der Waals surface area contributed by atoms with Crippen molar-refractivity contribution in [2.45, 2.75) is 0 Å². The Morgan fingerprint density at radius 2 is 1.80 bits per heavy atom. The third-order valence-electron chi connectivity index (χ3n) is 4.70. The molecule has 0 unspecified atom stereocenters. The molecule has 30 heavy (non-hydrogen) atoms. The Morgan fingerprint density at radius 3 is 2.57 bits per heavy atom. The fourth-order valence-corrected chi connectivity index (χ4v) is 5.60. The molecule has 0 aliphatic rings. The molecule has 0 bridgehead atoms. The first kappa shape index (κ1) is 19.4. The first-order valence-electron chi connectivity index (χ1n) is 8.97. The van der Waals surface area contributed by atoms with E-state index in [1.807, 2.05) is 54.6 Å². The zero-order chi connectivity index (χ0) is 20.8. The summed E-state index contributed by atoms with van der Waals surface area (Å²) in [5, 5.41) is 1.07. The maximum absolute atomic E-state index is 13.7. The van der Waals surface area contributed by atoms with Crippen molar-refractivity contribution in [3.63, 3.8) is 0 Å². The zero-order valence-electron chi connectivity index (χ0n) is 15.6. The summed E-state index contributed by atoms with van der Waals surface area (Å²) in [5.74, 6) is 1.29. The Morgan fingerprint density at radius 1 is 1.00 bits per heavy atom. The van der Waals surface area contributed by atoms with Crippen LogP contribution in [-0.2, 0) is 0 Å².